The molecule has 0 saturated heterocycles. The zero-order chi connectivity index (χ0) is 30.9. The zero-order valence-corrected chi connectivity index (χ0v) is 24.1. The molecule has 0 aromatic heterocycles. The van der Waals surface area contributed by atoms with Crippen LogP contribution < -0.4 is 26.6 Å². The minimum Gasteiger partial charge on any atom is -0.354 e. The third-order valence-electron chi connectivity index (χ3n) is 6.14. The second-order valence-corrected chi connectivity index (χ2v) is 10.3. The Kier molecular flexibility index (Phi) is 14.4. The van der Waals surface area contributed by atoms with Gasteiger partial charge in [-0.05, 0) is 24.3 Å². The van der Waals surface area contributed by atoms with Crippen LogP contribution in [0, 0.1) is 5.92 Å². The van der Waals surface area contributed by atoms with Gasteiger partial charge in [0.15, 0.2) is 0 Å². The number of imide groups is 1. The lowest BCUT2D eigenvalue weighted by Crippen LogP contribution is -2.52. The molecule has 0 spiro atoms. The van der Waals surface area contributed by atoms with Crippen molar-refractivity contribution in [1.29, 1.82) is 0 Å². The van der Waals surface area contributed by atoms with Crippen molar-refractivity contribution in [3.05, 3.63) is 48.0 Å². The molecule has 1 heterocycles. The molecular formula is C29H50N6O7. The van der Waals surface area contributed by atoms with Crippen molar-refractivity contribution in [2.24, 2.45) is 5.92 Å². The highest BCUT2D eigenvalue weighted by molar-refractivity contribution is 6.12. The summed E-state index contributed by atoms with van der Waals surface area (Å²) < 4.78 is 0. The largest absolute Gasteiger partial charge is 0.354 e. The van der Waals surface area contributed by atoms with E-state index in [1.807, 2.05) is 19.9 Å². The highest BCUT2D eigenvalue weighted by Crippen LogP contribution is 2.08. The van der Waals surface area contributed by atoms with Crippen molar-refractivity contribution in [3.63, 3.8) is 0 Å². The predicted octanol–water partition coefficient (Wildman–Crippen LogP) is 0.550. The molecule has 13 nitrogen and oxygen atoms in total. The Morgan fingerprint density at radius 1 is 0.738 bits per heavy atom. The summed E-state index contributed by atoms with van der Waals surface area (Å²) in [6, 6.07) is 8.06. The number of unbranched alkanes of at least 4 members (excludes halogenated alkanes) is 2. The molecule has 5 N–H and O–H groups in total. The van der Waals surface area contributed by atoms with E-state index in [4.69, 9.17) is 0 Å². The number of carbonyl (C=O) groups excluding carboxylic acids is 7. The first-order valence-corrected chi connectivity index (χ1v) is 14.0. The second kappa shape index (κ2) is 18.0. The lowest BCUT2D eigenvalue weighted by atomic mass is 10.1. The van der Waals surface area contributed by atoms with Crippen molar-refractivity contribution >= 4 is 41.4 Å². The van der Waals surface area contributed by atoms with Gasteiger partial charge in [-0.3, -0.25) is 38.5 Å². The molecule has 1 aromatic rings. The minimum absolute atomic E-state index is 0. The highest BCUT2D eigenvalue weighted by Gasteiger charge is 2.23. The number of amides is 7. The first kappa shape index (κ1) is 33.7. The lowest BCUT2D eigenvalue weighted by Gasteiger charge is -2.19. The summed E-state index contributed by atoms with van der Waals surface area (Å²) in [4.78, 5) is 85.6. The maximum atomic E-state index is 12.8. The number of rotatable bonds is 18. The molecule has 1 aliphatic heterocycles. The molecule has 1 aliphatic rings. The van der Waals surface area contributed by atoms with E-state index in [0.29, 0.717) is 25.8 Å². The van der Waals surface area contributed by atoms with Crippen LogP contribution in [0.15, 0.2) is 42.5 Å². The van der Waals surface area contributed by atoms with Crippen LogP contribution in [0.25, 0.3) is 0 Å². The summed E-state index contributed by atoms with van der Waals surface area (Å²) in [6.45, 7) is 3.69. The molecule has 1 aromatic carbocycles. The van der Waals surface area contributed by atoms with E-state index in [0.717, 1.165) is 10.5 Å². The van der Waals surface area contributed by atoms with E-state index < -0.39 is 30.3 Å². The predicted molar refractivity (Wildman–Crippen MR) is 164 cm³/mol. The van der Waals surface area contributed by atoms with E-state index in [1.165, 1.54) is 12.2 Å². The lowest BCUT2D eigenvalue weighted by molar-refractivity contribution is -0.137. The summed E-state index contributed by atoms with van der Waals surface area (Å²) >= 11 is 0. The van der Waals surface area contributed by atoms with Crippen LogP contribution in [-0.4, -0.2) is 85.0 Å². The van der Waals surface area contributed by atoms with Crippen LogP contribution in [0.2, 0.25) is 0 Å². The van der Waals surface area contributed by atoms with Crippen molar-refractivity contribution in [2.75, 3.05) is 32.7 Å². The molecule has 42 heavy (non-hydrogen) atoms. The maximum absolute atomic E-state index is 12.8. The summed E-state index contributed by atoms with van der Waals surface area (Å²) in [7, 11) is 0. The monoisotopic (exact) mass is 594 g/mol. The molecule has 0 bridgehead atoms. The Bertz CT molecular complexity index is 1160. The van der Waals surface area contributed by atoms with Gasteiger partial charge in [-0.25, -0.2) is 0 Å². The quantitative estimate of drug-likeness (QED) is 0.121. The normalized spacial score (nSPS) is 13.1. The number of carbonyl (C=O) groups is 7. The molecule has 238 valence electrons. The topological polar surface area (TPSA) is 183 Å². The van der Waals surface area contributed by atoms with Crippen LogP contribution in [-0.2, 0) is 40.0 Å². The Balaban J connectivity index is -0.00000185. The van der Waals surface area contributed by atoms with Crippen LogP contribution in [0.5, 0.6) is 0 Å². The molecule has 7 amide bonds. The zero-order valence-electron chi connectivity index (χ0n) is 24.1. The molecule has 0 aliphatic carbocycles. The first-order chi connectivity index (χ1) is 20.0. The van der Waals surface area contributed by atoms with Gasteiger partial charge in [-0.2, -0.15) is 0 Å². The number of benzene rings is 1. The number of nitrogens with one attached hydrogen (secondary N) is 5. The van der Waals surface area contributed by atoms with Gasteiger partial charge in [0.2, 0.25) is 29.5 Å². The van der Waals surface area contributed by atoms with Gasteiger partial charge in [0.05, 0.1) is 19.6 Å². The van der Waals surface area contributed by atoms with Gasteiger partial charge in [-0.1, -0.05) is 50.6 Å². The van der Waals surface area contributed by atoms with Gasteiger partial charge in [-0.15, -0.1) is 0 Å². The highest BCUT2D eigenvalue weighted by atomic mass is 16.2. The van der Waals surface area contributed by atoms with E-state index >= 15 is 0 Å². The molecule has 0 unspecified atom stereocenters. The van der Waals surface area contributed by atoms with Gasteiger partial charge < -0.3 is 26.6 Å². The van der Waals surface area contributed by atoms with Crippen molar-refractivity contribution < 1.29 is 40.7 Å². The fourth-order valence-electron chi connectivity index (χ4n) is 3.87. The third kappa shape index (κ3) is 13.2. The number of hydrogen-bond donors (Lipinski definition) is 5. The van der Waals surface area contributed by atoms with Gasteiger partial charge >= 0.3 is 0 Å². The van der Waals surface area contributed by atoms with Gasteiger partial charge in [0, 0.05) is 45.2 Å². The Hall–Kier alpha value is -4.55. The molecule has 0 fully saturated rings. The Morgan fingerprint density at radius 3 is 2.00 bits per heavy atom. The van der Waals surface area contributed by atoms with Gasteiger partial charge in [0.1, 0.15) is 6.04 Å². The maximum Gasteiger partial charge on any atom is 0.253 e. The molecule has 0 saturated carbocycles. The minimum atomic E-state index is -0.979. The van der Waals surface area contributed by atoms with E-state index in [1.54, 1.807) is 24.3 Å². The van der Waals surface area contributed by atoms with E-state index in [2.05, 4.69) is 26.6 Å². The molecule has 1 atom stereocenters. The molecule has 0 radical (unpaired) electrons. The summed E-state index contributed by atoms with van der Waals surface area (Å²) in [5, 5.41) is 12.7. The SMILES string of the molecule is CC(C)CNC(=O)CNC(=O)[C@H](Cc1ccccc1)NC(=O)CNC(=O)CNC(=O)CCCCCN1C(=O)C=CC1=O.[HH].[HH].[HH].[HH].[HH]. The number of nitrogens with zero attached hydrogens (tertiary/aromatic N) is 1. The molecule has 2 rings (SSSR count). The average Bonchev–Trinajstić information content (AvgIpc) is 3.28. The van der Waals surface area contributed by atoms with Crippen LogP contribution in [0.1, 0.15) is 52.2 Å². The molecular weight excluding hydrogens is 544 g/mol. The fourth-order valence-corrected chi connectivity index (χ4v) is 3.87. The van der Waals surface area contributed by atoms with Crippen LogP contribution in [0.3, 0.4) is 0 Å². The van der Waals surface area contributed by atoms with Crippen LogP contribution in [0.4, 0.5) is 0 Å². The third-order valence-corrected chi connectivity index (χ3v) is 6.14. The van der Waals surface area contributed by atoms with E-state index in [-0.39, 0.29) is 69.2 Å². The summed E-state index contributed by atoms with van der Waals surface area (Å²) in [5.74, 6) is -2.84. The summed E-state index contributed by atoms with van der Waals surface area (Å²) in [5.41, 5.74) is 0.795. The van der Waals surface area contributed by atoms with Crippen LogP contribution >= 0.6 is 0 Å². The standard InChI is InChI=1S/C29H40N6O7.5H2/c1-20(2)16-30-25(38)18-33-29(42)22(15-21-9-5-3-6-10-21)34-26(39)19-32-24(37)17-31-23(36)11-7-4-8-14-35-27(40)12-13-28(35)41;;;;;/h3,5-6,9-10,12-13,20,22H,4,7-8,11,14-19H2,1-2H3,(H,30,38)(H,31,36)(H,32,37)(H,33,42)(H,34,39);5*1H/t22-;;;;;/m0...../s1. The Labute approximate surface area is 252 Å². The molecule has 13 heteroatoms. The number of hydrogen-bond acceptors (Lipinski definition) is 7. The van der Waals surface area contributed by atoms with Crippen molar-refractivity contribution in [2.45, 2.75) is 52.0 Å². The Morgan fingerprint density at radius 2 is 1.33 bits per heavy atom. The average molecular weight is 595 g/mol. The van der Waals surface area contributed by atoms with Crippen molar-refractivity contribution in [1.82, 2.24) is 31.5 Å². The van der Waals surface area contributed by atoms with Gasteiger partial charge in [0.25, 0.3) is 11.8 Å². The van der Waals surface area contributed by atoms with Crippen molar-refractivity contribution in [3.8, 4) is 0 Å². The first-order valence-electron chi connectivity index (χ1n) is 14.0. The fraction of sp³-hybridized carbons (Fsp3) is 0.483. The smallest absolute Gasteiger partial charge is 0.253 e. The second-order valence-electron chi connectivity index (χ2n) is 10.3. The summed E-state index contributed by atoms with van der Waals surface area (Å²) in [6.07, 6.45) is 4.50. The van der Waals surface area contributed by atoms with E-state index in [9.17, 15) is 33.6 Å².